The number of rotatable bonds is 3. The molecule has 1 saturated heterocycles. The van der Waals surface area contributed by atoms with Gasteiger partial charge in [-0.15, -0.1) is 0 Å². The molecule has 124 valence electrons. The van der Waals surface area contributed by atoms with Crippen molar-refractivity contribution < 1.29 is 4.74 Å². The fraction of sp³-hybridized carbons (Fsp3) is 0.333. The molecule has 24 heavy (non-hydrogen) atoms. The monoisotopic (exact) mass is 342 g/mol. The normalized spacial score (nSPS) is 15.9. The highest BCUT2D eigenvalue weighted by Crippen LogP contribution is 2.25. The number of morpholine rings is 1. The lowest BCUT2D eigenvalue weighted by Gasteiger charge is -2.27. The molecule has 3 heterocycles. The molecule has 6 heteroatoms. The van der Waals surface area contributed by atoms with Crippen LogP contribution in [0.2, 0.25) is 5.02 Å². The SMILES string of the molecule is Cc1ncc2ccn(-c3ccc(CN4CCOCC4)c(Cl)c3)c2n1. The third-order valence-electron chi connectivity index (χ3n) is 4.36. The summed E-state index contributed by atoms with van der Waals surface area (Å²) in [7, 11) is 0. The van der Waals surface area contributed by atoms with Crippen LogP contribution < -0.4 is 0 Å². The summed E-state index contributed by atoms with van der Waals surface area (Å²) in [5.74, 6) is 0.762. The minimum atomic E-state index is 0.762. The Balaban J connectivity index is 1.64. The standard InChI is InChI=1S/C18H19ClN4O/c1-13-20-11-14-4-5-23(18(14)21-13)16-3-2-15(17(19)10-16)12-22-6-8-24-9-7-22/h2-5,10-11H,6-9,12H2,1H3. The van der Waals surface area contributed by atoms with Crippen LogP contribution in [0.25, 0.3) is 16.7 Å². The number of fused-ring (bicyclic) bond motifs is 1. The third kappa shape index (κ3) is 3.02. The Morgan fingerprint density at radius 2 is 2.04 bits per heavy atom. The fourth-order valence-corrected chi connectivity index (χ4v) is 3.26. The van der Waals surface area contributed by atoms with Crippen molar-refractivity contribution in [2.75, 3.05) is 26.3 Å². The molecule has 0 radical (unpaired) electrons. The zero-order valence-electron chi connectivity index (χ0n) is 13.6. The van der Waals surface area contributed by atoms with Gasteiger partial charge in [0.05, 0.1) is 13.2 Å². The zero-order chi connectivity index (χ0) is 16.5. The van der Waals surface area contributed by atoms with Crippen LogP contribution in [-0.2, 0) is 11.3 Å². The predicted octanol–water partition coefficient (Wildman–Crippen LogP) is 3.21. The van der Waals surface area contributed by atoms with E-state index in [0.717, 1.165) is 66.0 Å². The molecule has 0 spiro atoms. The second kappa shape index (κ2) is 6.51. The Labute approximate surface area is 145 Å². The molecular weight excluding hydrogens is 324 g/mol. The van der Waals surface area contributed by atoms with Gasteiger partial charge >= 0.3 is 0 Å². The maximum absolute atomic E-state index is 6.54. The number of aromatic nitrogens is 3. The summed E-state index contributed by atoms with van der Waals surface area (Å²) in [5.41, 5.74) is 3.06. The lowest BCUT2D eigenvalue weighted by Crippen LogP contribution is -2.35. The predicted molar refractivity (Wildman–Crippen MR) is 94.7 cm³/mol. The van der Waals surface area contributed by atoms with E-state index in [2.05, 4.69) is 31.6 Å². The van der Waals surface area contributed by atoms with Crippen LogP contribution in [0.3, 0.4) is 0 Å². The first-order valence-corrected chi connectivity index (χ1v) is 8.48. The Morgan fingerprint density at radius 1 is 1.21 bits per heavy atom. The van der Waals surface area contributed by atoms with Crippen LogP contribution in [0.4, 0.5) is 0 Å². The third-order valence-corrected chi connectivity index (χ3v) is 4.71. The molecule has 1 fully saturated rings. The smallest absolute Gasteiger partial charge is 0.148 e. The molecule has 1 aliphatic rings. The van der Waals surface area contributed by atoms with Gasteiger partial charge < -0.3 is 9.30 Å². The quantitative estimate of drug-likeness (QED) is 0.733. The molecule has 1 aliphatic heterocycles. The van der Waals surface area contributed by atoms with E-state index in [9.17, 15) is 0 Å². The molecule has 0 atom stereocenters. The van der Waals surface area contributed by atoms with Crippen molar-refractivity contribution in [1.29, 1.82) is 0 Å². The summed E-state index contributed by atoms with van der Waals surface area (Å²) in [6.07, 6.45) is 3.86. The van der Waals surface area contributed by atoms with Gasteiger partial charge in [0.1, 0.15) is 11.5 Å². The molecular formula is C18H19ClN4O. The van der Waals surface area contributed by atoms with E-state index in [1.165, 1.54) is 0 Å². The summed E-state index contributed by atoms with van der Waals surface area (Å²) in [5, 5.41) is 1.81. The van der Waals surface area contributed by atoms with Gasteiger partial charge in [-0.1, -0.05) is 17.7 Å². The van der Waals surface area contributed by atoms with Gasteiger partial charge in [0, 0.05) is 48.1 Å². The number of hydrogen-bond acceptors (Lipinski definition) is 4. The molecule has 0 aliphatic carbocycles. The van der Waals surface area contributed by atoms with E-state index in [1.807, 2.05) is 31.5 Å². The fourth-order valence-electron chi connectivity index (χ4n) is 3.03. The van der Waals surface area contributed by atoms with Crippen molar-refractivity contribution in [2.45, 2.75) is 13.5 Å². The molecule has 5 nitrogen and oxygen atoms in total. The average Bonchev–Trinajstić information content (AvgIpc) is 3.00. The second-order valence-electron chi connectivity index (χ2n) is 6.05. The molecule has 4 rings (SSSR count). The molecule has 1 aromatic carbocycles. The number of benzene rings is 1. The maximum Gasteiger partial charge on any atom is 0.148 e. The van der Waals surface area contributed by atoms with Crippen molar-refractivity contribution in [2.24, 2.45) is 0 Å². The molecule has 0 N–H and O–H groups in total. The van der Waals surface area contributed by atoms with Gasteiger partial charge in [0.15, 0.2) is 0 Å². The summed E-state index contributed by atoms with van der Waals surface area (Å²) in [6.45, 7) is 6.26. The van der Waals surface area contributed by atoms with E-state index in [-0.39, 0.29) is 0 Å². The van der Waals surface area contributed by atoms with Crippen LogP contribution in [-0.4, -0.2) is 45.7 Å². The molecule has 0 bridgehead atoms. The second-order valence-corrected chi connectivity index (χ2v) is 6.45. The van der Waals surface area contributed by atoms with Gasteiger partial charge in [-0.2, -0.15) is 0 Å². The molecule has 3 aromatic rings. The molecule has 2 aromatic heterocycles. The molecule has 0 amide bonds. The lowest BCUT2D eigenvalue weighted by molar-refractivity contribution is 0.0342. The number of aryl methyl sites for hydroxylation is 1. The Hall–Kier alpha value is -1.95. The largest absolute Gasteiger partial charge is 0.379 e. The van der Waals surface area contributed by atoms with E-state index < -0.39 is 0 Å². The van der Waals surface area contributed by atoms with Gasteiger partial charge in [-0.25, -0.2) is 9.97 Å². The lowest BCUT2D eigenvalue weighted by atomic mass is 10.2. The van der Waals surface area contributed by atoms with Gasteiger partial charge in [0.25, 0.3) is 0 Å². The Kier molecular flexibility index (Phi) is 4.22. The first-order valence-electron chi connectivity index (χ1n) is 8.10. The van der Waals surface area contributed by atoms with Crippen LogP contribution in [0.5, 0.6) is 0 Å². The Morgan fingerprint density at radius 3 is 2.83 bits per heavy atom. The Bertz CT molecular complexity index is 871. The summed E-state index contributed by atoms with van der Waals surface area (Å²) < 4.78 is 7.45. The first kappa shape index (κ1) is 15.6. The summed E-state index contributed by atoms with van der Waals surface area (Å²) >= 11 is 6.54. The van der Waals surface area contributed by atoms with Crippen LogP contribution in [0.15, 0.2) is 36.7 Å². The highest BCUT2D eigenvalue weighted by atomic mass is 35.5. The number of ether oxygens (including phenoxy) is 1. The van der Waals surface area contributed by atoms with E-state index >= 15 is 0 Å². The number of halogens is 1. The van der Waals surface area contributed by atoms with Crippen molar-refractivity contribution in [3.8, 4) is 5.69 Å². The van der Waals surface area contributed by atoms with Gasteiger partial charge in [-0.3, -0.25) is 4.90 Å². The summed E-state index contributed by atoms with van der Waals surface area (Å²) in [6, 6.07) is 8.23. The average molecular weight is 343 g/mol. The van der Waals surface area contributed by atoms with Crippen molar-refractivity contribution in [3.63, 3.8) is 0 Å². The first-order chi connectivity index (χ1) is 11.7. The number of nitrogens with zero attached hydrogens (tertiary/aromatic N) is 4. The number of hydrogen-bond donors (Lipinski definition) is 0. The highest BCUT2D eigenvalue weighted by Gasteiger charge is 2.13. The topological polar surface area (TPSA) is 43.2 Å². The van der Waals surface area contributed by atoms with Crippen molar-refractivity contribution >= 4 is 22.6 Å². The van der Waals surface area contributed by atoms with E-state index in [4.69, 9.17) is 16.3 Å². The van der Waals surface area contributed by atoms with E-state index in [0.29, 0.717) is 0 Å². The molecule has 0 unspecified atom stereocenters. The minimum absolute atomic E-state index is 0.762. The highest BCUT2D eigenvalue weighted by molar-refractivity contribution is 6.31. The van der Waals surface area contributed by atoms with Gasteiger partial charge in [-0.05, 0) is 30.7 Å². The van der Waals surface area contributed by atoms with Crippen LogP contribution in [0, 0.1) is 6.92 Å². The van der Waals surface area contributed by atoms with Crippen LogP contribution >= 0.6 is 11.6 Å². The minimum Gasteiger partial charge on any atom is -0.379 e. The maximum atomic E-state index is 6.54. The zero-order valence-corrected chi connectivity index (χ0v) is 14.3. The van der Waals surface area contributed by atoms with Crippen molar-refractivity contribution in [3.05, 3.63) is 53.1 Å². The van der Waals surface area contributed by atoms with Crippen LogP contribution in [0.1, 0.15) is 11.4 Å². The molecule has 0 saturated carbocycles. The van der Waals surface area contributed by atoms with Crippen molar-refractivity contribution in [1.82, 2.24) is 19.4 Å². The van der Waals surface area contributed by atoms with E-state index in [1.54, 1.807) is 0 Å². The van der Waals surface area contributed by atoms with Gasteiger partial charge in [0.2, 0.25) is 0 Å². The summed E-state index contributed by atoms with van der Waals surface area (Å²) in [4.78, 5) is 11.2.